The molecular weight excluding hydrogens is 508 g/mol. The normalized spacial score (nSPS) is 24.0. The van der Waals surface area contributed by atoms with E-state index in [9.17, 15) is 4.79 Å². The van der Waals surface area contributed by atoms with Gasteiger partial charge < -0.3 is 10.6 Å². The van der Waals surface area contributed by atoms with Gasteiger partial charge in [-0.1, -0.05) is 74.7 Å². The maximum Gasteiger partial charge on any atom is 0.238 e. The van der Waals surface area contributed by atoms with Crippen molar-refractivity contribution in [1.29, 1.82) is 0 Å². The first-order chi connectivity index (χ1) is 16.9. The fourth-order valence-corrected chi connectivity index (χ4v) is 7.12. The van der Waals surface area contributed by atoms with Crippen LogP contribution in [0.3, 0.4) is 0 Å². The number of piperidine rings is 1. The van der Waals surface area contributed by atoms with Gasteiger partial charge in [0.2, 0.25) is 5.91 Å². The summed E-state index contributed by atoms with van der Waals surface area (Å²) >= 11 is 7.74. The maximum absolute atomic E-state index is 13.1. The number of benzene rings is 1. The van der Waals surface area contributed by atoms with Crippen LogP contribution in [0.4, 0.5) is 0 Å². The van der Waals surface area contributed by atoms with Gasteiger partial charge in [-0.3, -0.25) is 15.0 Å². The summed E-state index contributed by atoms with van der Waals surface area (Å²) in [5.41, 5.74) is 1.38. The summed E-state index contributed by atoms with van der Waals surface area (Å²) in [5, 5.41) is 10.5. The van der Waals surface area contributed by atoms with E-state index in [1.807, 2.05) is 11.8 Å². The fourth-order valence-electron chi connectivity index (χ4n) is 5.73. The molecule has 2 saturated heterocycles. The van der Waals surface area contributed by atoms with Crippen molar-refractivity contribution in [3.8, 4) is 0 Å². The molecule has 5 nitrogen and oxygen atoms in total. The van der Waals surface area contributed by atoms with Crippen molar-refractivity contribution in [1.82, 2.24) is 20.9 Å². The first kappa shape index (κ1) is 29.7. The zero-order valence-electron chi connectivity index (χ0n) is 22.0. The smallest absolute Gasteiger partial charge is 0.238 e. The molecule has 8 heteroatoms. The molecule has 2 atom stereocenters. The van der Waals surface area contributed by atoms with E-state index >= 15 is 0 Å². The summed E-state index contributed by atoms with van der Waals surface area (Å²) in [6.07, 6.45) is 11.0. The molecule has 2 aliphatic heterocycles. The number of likely N-dealkylation sites (tertiary alicyclic amines) is 1. The number of nitrogens with one attached hydrogen (secondary N) is 3. The van der Waals surface area contributed by atoms with Gasteiger partial charge >= 0.3 is 0 Å². The Balaban J connectivity index is 0.00000361. The summed E-state index contributed by atoms with van der Waals surface area (Å²) in [4.78, 5) is 16.4. The fraction of sp³-hybridized carbons (Fsp3) is 0.714. The van der Waals surface area contributed by atoms with Gasteiger partial charge in [0.1, 0.15) is 0 Å². The molecule has 0 radical (unpaired) electrons. The number of hydrogen-bond acceptors (Lipinski definition) is 5. The highest BCUT2D eigenvalue weighted by Crippen LogP contribution is 2.30. The van der Waals surface area contributed by atoms with Crippen LogP contribution in [0.1, 0.15) is 77.2 Å². The molecule has 0 spiro atoms. The number of thiocarbonyl (C=S) groups is 1. The number of hydrogen-bond donors (Lipinski definition) is 3. The Labute approximate surface area is 234 Å². The molecule has 0 unspecified atom stereocenters. The Morgan fingerprint density at radius 3 is 2.47 bits per heavy atom. The molecule has 1 aliphatic carbocycles. The van der Waals surface area contributed by atoms with Crippen LogP contribution in [0.15, 0.2) is 30.3 Å². The van der Waals surface area contributed by atoms with Gasteiger partial charge in [-0.25, -0.2) is 0 Å². The van der Waals surface area contributed by atoms with Crippen molar-refractivity contribution in [2.24, 2.45) is 5.92 Å². The second kappa shape index (κ2) is 14.3. The van der Waals surface area contributed by atoms with Crippen molar-refractivity contribution in [2.75, 3.05) is 18.8 Å². The summed E-state index contributed by atoms with van der Waals surface area (Å²) < 4.78 is 0. The van der Waals surface area contributed by atoms with Crippen molar-refractivity contribution in [3.05, 3.63) is 35.9 Å². The summed E-state index contributed by atoms with van der Waals surface area (Å²) in [6, 6.07) is 10.9. The molecule has 3 aliphatic rings. The largest absolute Gasteiger partial charge is 0.375 e. The standard InChI is InChI=1S/C28H44N4OS2.ClH/c1-28(2)31-25(20-35-28)26(33)30-24(14-13-21-9-5-3-6-10-21)27(34)29-23-15-17-32(18-16-23)19-22-11-7-4-8-12-22;/h4,7-8,11-12,21,23-25,31H,3,5-6,9-10,13-20H2,1-2H3,(H,29,34)(H,30,33);1H/t24-,25+;/m1./s1. The molecule has 36 heavy (non-hydrogen) atoms. The van der Waals surface area contributed by atoms with Gasteiger partial charge in [0, 0.05) is 31.4 Å². The van der Waals surface area contributed by atoms with Gasteiger partial charge in [0.15, 0.2) is 0 Å². The Morgan fingerprint density at radius 2 is 1.83 bits per heavy atom. The molecule has 3 N–H and O–H groups in total. The van der Waals surface area contributed by atoms with E-state index in [1.165, 1.54) is 37.7 Å². The maximum atomic E-state index is 13.1. The van der Waals surface area contributed by atoms with Crippen LogP contribution >= 0.6 is 36.4 Å². The average Bonchev–Trinajstić information content (AvgIpc) is 3.24. The van der Waals surface area contributed by atoms with Crippen molar-refractivity contribution in [2.45, 2.75) is 101 Å². The minimum atomic E-state index is -0.142. The lowest BCUT2D eigenvalue weighted by Crippen LogP contribution is -2.55. The van der Waals surface area contributed by atoms with E-state index in [-0.39, 0.29) is 35.3 Å². The molecule has 2 heterocycles. The van der Waals surface area contributed by atoms with E-state index < -0.39 is 0 Å². The first-order valence-corrected chi connectivity index (χ1v) is 15.1. The van der Waals surface area contributed by atoms with E-state index in [0.717, 1.165) is 62.0 Å². The number of carbonyl (C=O) groups excluding carboxylic acids is 1. The highest BCUT2D eigenvalue weighted by molar-refractivity contribution is 8.00. The summed E-state index contributed by atoms with van der Waals surface area (Å²) in [6.45, 7) is 7.45. The molecule has 4 rings (SSSR count). The summed E-state index contributed by atoms with van der Waals surface area (Å²) in [7, 11) is 0. The number of amides is 1. The second-order valence-electron chi connectivity index (χ2n) is 11.2. The SMILES string of the molecule is CC1(C)N[C@H](C(=O)N[C@H](CCC2CCCCC2)C(=S)NC2CCN(Cc3ccccc3)CC2)CS1.Cl. The third kappa shape index (κ3) is 9.16. The second-order valence-corrected chi connectivity index (χ2v) is 13.3. The zero-order chi connectivity index (χ0) is 24.7. The van der Waals surface area contributed by atoms with Crippen molar-refractivity contribution >= 4 is 47.3 Å². The molecule has 1 aromatic rings. The predicted molar refractivity (Wildman–Crippen MR) is 159 cm³/mol. The predicted octanol–water partition coefficient (Wildman–Crippen LogP) is 5.28. The van der Waals surface area contributed by atoms with Crippen LogP contribution in [-0.2, 0) is 11.3 Å². The highest BCUT2D eigenvalue weighted by Gasteiger charge is 2.36. The van der Waals surface area contributed by atoms with E-state index in [1.54, 1.807) is 0 Å². The topological polar surface area (TPSA) is 56.4 Å². The number of nitrogens with zero attached hydrogens (tertiary/aromatic N) is 1. The molecule has 0 bridgehead atoms. The number of carbonyl (C=O) groups is 1. The zero-order valence-corrected chi connectivity index (χ0v) is 24.4. The van der Waals surface area contributed by atoms with E-state index in [2.05, 4.69) is 65.0 Å². The van der Waals surface area contributed by atoms with E-state index in [0.29, 0.717) is 6.04 Å². The van der Waals surface area contributed by atoms with Gasteiger partial charge in [-0.2, -0.15) is 0 Å². The molecule has 1 amide bonds. The monoisotopic (exact) mass is 552 g/mol. The van der Waals surface area contributed by atoms with Gasteiger partial charge in [-0.15, -0.1) is 24.2 Å². The lowest BCUT2D eigenvalue weighted by Gasteiger charge is -2.34. The lowest BCUT2D eigenvalue weighted by molar-refractivity contribution is -0.123. The average molecular weight is 553 g/mol. The highest BCUT2D eigenvalue weighted by atomic mass is 35.5. The van der Waals surface area contributed by atoms with Gasteiger partial charge in [-0.05, 0) is 51.0 Å². The van der Waals surface area contributed by atoms with Crippen molar-refractivity contribution in [3.63, 3.8) is 0 Å². The van der Waals surface area contributed by atoms with Crippen LogP contribution in [0.25, 0.3) is 0 Å². The molecule has 202 valence electrons. The van der Waals surface area contributed by atoms with Crippen LogP contribution in [0.5, 0.6) is 0 Å². The van der Waals surface area contributed by atoms with Gasteiger partial charge in [0.25, 0.3) is 0 Å². The number of rotatable bonds is 9. The van der Waals surface area contributed by atoms with Crippen LogP contribution in [0, 0.1) is 5.92 Å². The van der Waals surface area contributed by atoms with E-state index in [4.69, 9.17) is 12.2 Å². The number of halogens is 1. The van der Waals surface area contributed by atoms with Gasteiger partial charge in [0.05, 0.1) is 21.9 Å². The van der Waals surface area contributed by atoms with Crippen LogP contribution < -0.4 is 16.0 Å². The van der Waals surface area contributed by atoms with Crippen LogP contribution in [-0.4, -0.2) is 57.6 Å². The minimum Gasteiger partial charge on any atom is -0.375 e. The third-order valence-corrected chi connectivity index (χ3v) is 9.60. The lowest BCUT2D eigenvalue weighted by atomic mass is 9.85. The molecule has 1 saturated carbocycles. The Hall–Kier alpha value is -0.860. The van der Waals surface area contributed by atoms with Crippen molar-refractivity contribution < 1.29 is 4.79 Å². The first-order valence-electron chi connectivity index (χ1n) is 13.7. The Morgan fingerprint density at radius 1 is 1.14 bits per heavy atom. The molecule has 0 aromatic heterocycles. The minimum absolute atomic E-state index is 0. The molecule has 3 fully saturated rings. The summed E-state index contributed by atoms with van der Waals surface area (Å²) in [5.74, 6) is 1.69. The molecular formula is C28H45ClN4OS2. The Kier molecular flexibility index (Phi) is 11.8. The third-order valence-electron chi connectivity index (χ3n) is 7.85. The Bertz CT molecular complexity index is 826. The molecule has 1 aromatic carbocycles. The number of thioether (sulfide) groups is 1. The quantitative estimate of drug-likeness (QED) is 0.363. The van der Waals surface area contributed by atoms with Crippen LogP contribution in [0.2, 0.25) is 0 Å².